The highest BCUT2D eigenvalue weighted by Gasteiger charge is 2.21. The second kappa shape index (κ2) is 7.03. The van der Waals surface area contributed by atoms with E-state index < -0.39 is 11.8 Å². The van der Waals surface area contributed by atoms with Gasteiger partial charge >= 0.3 is 0 Å². The Morgan fingerprint density at radius 1 is 1.23 bits per heavy atom. The van der Waals surface area contributed by atoms with Gasteiger partial charge in [0.2, 0.25) is 0 Å². The van der Waals surface area contributed by atoms with Crippen molar-refractivity contribution in [2.75, 3.05) is 0 Å². The lowest BCUT2D eigenvalue weighted by atomic mass is 9.90. The SMILES string of the molecule is Cc1cc(C[C@@H](C(=O)NO)c2ccc(Br)cc2)cc(C)c1F. The summed E-state index contributed by atoms with van der Waals surface area (Å²) in [6.45, 7) is 3.40. The van der Waals surface area contributed by atoms with Crippen LogP contribution in [0.4, 0.5) is 4.39 Å². The molecule has 0 aromatic heterocycles. The normalized spacial score (nSPS) is 12.0. The maximum Gasteiger partial charge on any atom is 0.251 e. The van der Waals surface area contributed by atoms with Gasteiger partial charge in [0.25, 0.3) is 5.91 Å². The monoisotopic (exact) mass is 365 g/mol. The molecular formula is C17H17BrFNO2. The number of aryl methyl sites for hydroxylation is 2. The number of rotatable bonds is 4. The van der Waals surface area contributed by atoms with Crippen molar-refractivity contribution in [3.63, 3.8) is 0 Å². The number of hydrogen-bond donors (Lipinski definition) is 2. The summed E-state index contributed by atoms with van der Waals surface area (Å²) in [6, 6.07) is 10.8. The Bertz CT molecular complexity index is 663. The van der Waals surface area contributed by atoms with Crippen molar-refractivity contribution in [1.82, 2.24) is 5.48 Å². The fourth-order valence-corrected chi connectivity index (χ4v) is 2.79. The van der Waals surface area contributed by atoms with Crippen molar-refractivity contribution in [2.24, 2.45) is 0 Å². The van der Waals surface area contributed by atoms with Crippen molar-refractivity contribution >= 4 is 21.8 Å². The summed E-state index contributed by atoms with van der Waals surface area (Å²) in [7, 11) is 0. The van der Waals surface area contributed by atoms with E-state index in [1.54, 1.807) is 31.5 Å². The number of hydrogen-bond acceptors (Lipinski definition) is 2. The molecule has 2 rings (SSSR count). The first-order chi connectivity index (χ1) is 10.4. The summed E-state index contributed by atoms with van der Waals surface area (Å²) in [5.41, 5.74) is 4.46. The van der Waals surface area contributed by atoms with Gasteiger partial charge < -0.3 is 0 Å². The molecule has 0 unspecified atom stereocenters. The maximum absolute atomic E-state index is 13.7. The molecule has 0 radical (unpaired) electrons. The van der Waals surface area contributed by atoms with E-state index in [0.717, 1.165) is 15.6 Å². The van der Waals surface area contributed by atoms with Crippen molar-refractivity contribution < 1.29 is 14.4 Å². The highest BCUT2D eigenvalue weighted by Crippen LogP contribution is 2.25. The second-order valence-electron chi connectivity index (χ2n) is 5.33. The lowest BCUT2D eigenvalue weighted by Gasteiger charge is -2.16. The number of amides is 1. The molecule has 1 atom stereocenters. The lowest BCUT2D eigenvalue weighted by Crippen LogP contribution is -2.27. The van der Waals surface area contributed by atoms with E-state index in [4.69, 9.17) is 5.21 Å². The van der Waals surface area contributed by atoms with Gasteiger partial charge in [0.1, 0.15) is 5.82 Å². The van der Waals surface area contributed by atoms with Gasteiger partial charge in [-0.1, -0.05) is 40.2 Å². The van der Waals surface area contributed by atoms with Gasteiger partial charge in [-0.2, -0.15) is 0 Å². The third-order valence-corrected chi connectivity index (χ3v) is 4.16. The average molecular weight is 366 g/mol. The van der Waals surface area contributed by atoms with Crippen molar-refractivity contribution in [3.8, 4) is 0 Å². The van der Waals surface area contributed by atoms with E-state index >= 15 is 0 Å². The molecule has 0 spiro atoms. The zero-order valence-electron chi connectivity index (χ0n) is 12.4. The molecule has 22 heavy (non-hydrogen) atoms. The fraction of sp³-hybridized carbons (Fsp3) is 0.235. The molecule has 0 heterocycles. The molecule has 2 aromatic carbocycles. The minimum atomic E-state index is -0.539. The largest absolute Gasteiger partial charge is 0.289 e. The predicted octanol–water partition coefficient (Wildman–Crippen LogP) is 4.04. The first kappa shape index (κ1) is 16.6. The second-order valence-corrected chi connectivity index (χ2v) is 6.24. The summed E-state index contributed by atoms with van der Waals surface area (Å²) in [6.07, 6.45) is 0.385. The Hall–Kier alpha value is -1.72. The molecule has 1 amide bonds. The topological polar surface area (TPSA) is 49.3 Å². The van der Waals surface area contributed by atoms with Crippen LogP contribution in [0.1, 0.15) is 28.2 Å². The van der Waals surface area contributed by atoms with Crippen molar-refractivity contribution in [2.45, 2.75) is 26.2 Å². The van der Waals surface area contributed by atoms with E-state index in [2.05, 4.69) is 15.9 Å². The molecule has 5 heteroatoms. The number of benzene rings is 2. The number of nitrogens with one attached hydrogen (secondary N) is 1. The van der Waals surface area contributed by atoms with E-state index in [1.165, 1.54) is 0 Å². The highest BCUT2D eigenvalue weighted by molar-refractivity contribution is 9.10. The summed E-state index contributed by atoms with van der Waals surface area (Å²) < 4.78 is 14.6. The first-order valence-corrected chi connectivity index (χ1v) is 7.66. The highest BCUT2D eigenvalue weighted by atomic mass is 79.9. The van der Waals surface area contributed by atoms with Crippen molar-refractivity contribution in [3.05, 3.63) is 68.9 Å². The molecule has 2 aromatic rings. The average Bonchev–Trinajstić information content (AvgIpc) is 2.50. The van der Waals surface area contributed by atoms with Crippen LogP contribution in [0.5, 0.6) is 0 Å². The molecule has 0 saturated heterocycles. The molecular weight excluding hydrogens is 349 g/mol. The first-order valence-electron chi connectivity index (χ1n) is 6.87. The summed E-state index contributed by atoms with van der Waals surface area (Å²) in [5.74, 6) is -1.25. The van der Waals surface area contributed by atoms with Gasteiger partial charge in [-0.05, 0) is 54.7 Å². The smallest absolute Gasteiger partial charge is 0.251 e. The molecule has 0 bridgehead atoms. The molecule has 0 fully saturated rings. The van der Waals surface area contributed by atoms with Gasteiger partial charge in [0, 0.05) is 4.47 Å². The Labute approximate surface area is 137 Å². The molecule has 0 aliphatic heterocycles. The van der Waals surface area contributed by atoms with Gasteiger partial charge in [-0.3, -0.25) is 10.0 Å². The van der Waals surface area contributed by atoms with E-state index in [9.17, 15) is 9.18 Å². The molecule has 0 aliphatic rings. The molecule has 3 nitrogen and oxygen atoms in total. The number of halogens is 2. The maximum atomic E-state index is 13.7. The number of carbonyl (C=O) groups excluding carboxylic acids is 1. The van der Waals surface area contributed by atoms with Crippen LogP contribution in [-0.2, 0) is 11.2 Å². The van der Waals surface area contributed by atoms with Crippen LogP contribution in [-0.4, -0.2) is 11.1 Å². The quantitative estimate of drug-likeness (QED) is 0.634. The Morgan fingerprint density at radius 2 is 1.77 bits per heavy atom. The molecule has 0 aliphatic carbocycles. The van der Waals surface area contributed by atoms with Crippen LogP contribution in [0.15, 0.2) is 40.9 Å². The third-order valence-electron chi connectivity index (χ3n) is 3.64. The number of carbonyl (C=O) groups is 1. The Morgan fingerprint density at radius 3 is 2.27 bits per heavy atom. The zero-order valence-corrected chi connectivity index (χ0v) is 13.9. The minimum absolute atomic E-state index is 0.226. The van der Waals surface area contributed by atoms with Crippen LogP contribution in [0.3, 0.4) is 0 Å². The van der Waals surface area contributed by atoms with Gasteiger partial charge in [-0.15, -0.1) is 0 Å². The summed E-state index contributed by atoms with van der Waals surface area (Å²) >= 11 is 3.35. The van der Waals surface area contributed by atoms with Crippen molar-refractivity contribution in [1.29, 1.82) is 0 Å². The molecule has 0 saturated carbocycles. The summed E-state index contributed by atoms with van der Waals surface area (Å²) in [5, 5.41) is 8.98. The summed E-state index contributed by atoms with van der Waals surface area (Å²) in [4.78, 5) is 12.0. The van der Waals surface area contributed by atoms with Crippen LogP contribution in [0.2, 0.25) is 0 Å². The van der Waals surface area contributed by atoms with E-state index in [1.807, 2.05) is 24.3 Å². The van der Waals surface area contributed by atoms with Crippen LogP contribution in [0, 0.1) is 19.7 Å². The Balaban J connectivity index is 2.35. The molecule has 2 N–H and O–H groups in total. The van der Waals surface area contributed by atoms with Crippen LogP contribution in [0.25, 0.3) is 0 Å². The molecule has 116 valence electrons. The van der Waals surface area contributed by atoms with Gasteiger partial charge in [-0.25, -0.2) is 9.87 Å². The fourth-order valence-electron chi connectivity index (χ4n) is 2.52. The standard InChI is InChI=1S/C17H17BrFNO2/c1-10-7-12(8-11(2)16(10)19)9-15(17(21)20-22)13-3-5-14(18)6-4-13/h3-8,15,22H,9H2,1-2H3,(H,20,21)/t15-/m1/s1. The van der Waals surface area contributed by atoms with Crippen LogP contribution < -0.4 is 5.48 Å². The van der Waals surface area contributed by atoms with E-state index in [-0.39, 0.29) is 5.82 Å². The van der Waals surface area contributed by atoms with Gasteiger partial charge in [0.15, 0.2) is 0 Å². The van der Waals surface area contributed by atoms with E-state index in [0.29, 0.717) is 17.5 Å². The number of hydroxylamine groups is 1. The minimum Gasteiger partial charge on any atom is -0.289 e. The zero-order chi connectivity index (χ0) is 16.3. The van der Waals surface area contributed by atoms with Gasteiger partial charge in [0.05, 0.1) is 5.92 Å². The predicted molar refractivity (Wildman–Crippen MR) is 86.4 cm³/mol. The third kappa shape index (κ3) is 3.72. The van der Waals surface area contributed by atoms with Crippen LogP contribution >= 0.6 is 15.9 Å². The Kier molecular flexibility index (Phi) is 5.32. The lowest BCUT2D eigenvalue weighted by molar-refractivity contribution is -0.130.